The number of anilines is 3. The number of hydrogen-bond acceptors (Lipinski definition) is 5. The van der Waals surface area contributed by atoms with Gasteiger partial charge in [0.05, 0.1) is 35.2 Å². The van der Waals surface area contributed by atoms with Crippen molar-refractivity contribution in [3.8, 4) is 0 Å². The van der Waals surface area contributed by atoms with Crippen molar-refractivity contribution in [1.29, 1.82) is 0 Å². The Morgan fingerprint density at radius 1 is 0.929 bits per heavy atom. The molecule has 2 amide bonds. The van der Waals surface area contributed by atoms with Crippen LogP contribution in [0.2, 0.25) is 0 Å². The number of nitrogens with zero attached hydrogens (tertiary/aromatic N) is 2. The smallest absolute Gasteiger partial charge is 0.264 e. The maximum atomic E-state index is 14.6. The summed E-state index contributed by atoms with van der Waals surface area (Å²) in [6.07, 6.45) is -0.238. The molecule has 214 valence electrons. The number of ether oxygens (including phenoxy) is 1. The second-order valence-electron chi connectivity index (χ2n) is 12.3. The molecule has 0 radical (unpaired) electrons. The Bertz CT molecular complexity index is 1720. The van der Waals surface area contributed by atoms with Crippen molar-refractivity contribution in [3.05, 3.63) is 102 Å². The Labute approximate surface area is 244 Å². The first kappa shape index (κ1) is 26.8. The van der Waals surface area contributed by atoms with Gasteiger partial charge < -0.3 is 19.8 Å². The molecule has 4 aromatic carbocycles. The standard InChI is InChI=1S/C35H34N2O5/c1-21-31(34(2,3)41)29(17-18-38)42-35(21)26-19-24(15-16-27(26)36(33(35)40)20-22-9-5-4-6-10-22)37-28-14-8-12-23-11-7-13-25(30(23)28)32(37)39/h4-16,19,21,29,31,38,41H,17-18,20H2,1-3H3/t21-,29+,31-,35+/m1/s1. The third kappa shape index (κ3) is 3.70. The molecule has 3 aliphatic rings. The molecule has 0 aliphatic carbocycles. The quantitative estimate of drug-likeness (QED) is 0.316. The van der Waals surface area contributed by atoms with Crippen molar-refractivity contribution in [2.24, 2.45) is 11.8 Å². The largest absolute Gasteiger partial charge is 0.396 e. The molecule has 0 aromatic heterocycles. The van der Waals surface area contributed by atoms with Gasteiger partial charge in [-0.15, -0.1) is 0 Å². The topological polar surface area (TPSA) is 90.3 Å². The lowest BCUT2D eigenvalue weighted by Crippen LogP contribution is -2.46. The van der Waals surface area contributed by atoms with Crippen LogP contribution < -0.4 is 9.80 Å². The van der Waals surface area contributed by atoms with Crippen LogP contribution in [0, 0.1) is 11.8 Å². The Kier molecular flexibility index (Phi) is 6.06. The van der Waals surface area contributed by atoms with Crippen LogP contribution in [0.15, 0.2) is 84.9 Å². The first-order valence-electron chi connectivity index (χ1n) is 14.5. The average molecular weight is 563 g/mol. The number of benzene rings is 4. The molecule has 4 aromatic rings. The van der Waals surface area contributed by atoms with Crippen molar-refractivity contribution >= 4 is 39.6 Å². The highest BCUT2D eigenvalue weighted by Crippen LogP contribution is 2.59. The van der Waals surface area contributed by atoms with Crippen molar-refractivity contribution in [1.82, 2.24) is 0 Å². The maximum absolute atomic E-state index is 14.6. The summed E-state index contributed by atoms with van der Waals surface area (Å²) < 4.78 is 6.76. The van der Waals surface area contributed by atoms with Gasteiger partial charge in [0, 0.05) is 35.1 Å². The number of hydrogen-bond donors (Lipinski definition) is 2. The molecule has 7 nitrogen and oxygen atoms in total. The van der Waals surface area contributed by atoms with E-state index in [4.69, 9.17) is 4.74 Å². The zero-order chi connectivity index (χ0) is 29.4. The van der Waals surface area contributed by atoms with E-state index in [2.05, 4.69) is 0 Å². The van der Waals surface area contributed by atoms with Crippen LogP contribution in [0.5, 0.6) is 0 Å². The van der Waals surface area contributed by atoms with Gasteiger partial charge in [0.2, 0.25) is 0 Å². The van der Waals surface area contributed by atoms with Crippen LogP contribution in [0.1, 0.15) is 48.7 Å². The summed E-state index contributed by atoms with van der Waals surface area (Å²) in [5.74, 6) is -1.13. The number of carbonyl (C=O) groups is 2. The molecule has 1 fully saturated rings. The second kappa shape index (κ2) is 9.49. The van der Waals surface area contributed by atoms with Gasteiger partial charge in [-0.2, -0.15) is 0 Å². The molecule has 0 unspecified atom stereocenters. The van der Waals surface area contributed by atoms with Crippen molar-refractivity contribution in [2.45, 2.75) is 51.0 Å². The fourth-order valence-corrected chi connectivity index (χ4v) is 7.70. The summed E-state index contributed by atoms with van der Waals surface area (Å²) in [6, 6.07) is 27.2. The molecule has 1 saturated heterocycles. The van der Waals surface area contributed by atoms with Gasteiger partial charge in [0.25, 0.3) is 11.8 Å². The third-order valence-electron chi connectivity index (χ3n) is 9.38. The Morgan fingerprint density at radius 2 is 1.67 bits per heavy atom. The molecule has 7 heteroatoms. The normalized spacial score (nSPS) is 24.8. The lowest BCUT2D eigenvalue weighted by atomic mass is 9.71. The second-order valence-corrected chi connectivity index (χ2v) is 12.3. The summed E-state index contributed by atoms with van der Waals surface area (Å²) in [5.41, 5.74) is 1.95. The lowest BCUT2D eigenvalue weighted by molar-refractivity contribution is -0.146. The Balaban J connectivity index is 1.40. The number of amides is 2. The fraction of sp³-hybridized carbons (Fsp3) is 0.314. The minimum atomic E-state index is -1.38. The zero-order valence-corrected chi connectivity index (χ0v) is 23.9. The van der Waals surface area contributed by atoms with Crippen LogP contribution in [-0.4, -0.2) is 40.3 Å². The van der Waals surface area contributed by atoms with Gasteiger partial charge in [-0.1, -0.05) is 61.5 Å². The van der Waals surface area contributed by atoms with E-state index in [0.717, 1.165) is 27.7 Å². The summed E-state index contributed by atoms with van der Waals surface area (Å²) in [6.45, 7) is 5.66. The molecular weight excluding hydrogens is 528 g/mol. The van der Waals surface area contributed by atoms with Gasteiger partial charge in [0.15, 0.2) is 5.60 Å². The maximum Gasteiger partial charge on any atom is 0.264 e. The summed E-state index contributed by atoms with van der Waals surface area (Å²) in [7, 11) is 0. The molecule has 42 heavy (non-hydrogen) atoms. The van der Waals surface area contributed by atoms with Gasteiger partial charge in [-0.25, -0.2) is 0 Å². The van der Waals surface area contributed by atoms with Gasteiger partial charge in [0.1, 0.15) is 0 Å². The van der Waals surface area contributed by atoms with E-state index in [-0.39, 0.29) is 18.4 Å². The molecule has 3 aliphatic heterocycles. The predicted molar refractivity (Wildman–Crippen MR) is 162 cm³/mol. The molecule has 1 spiro atoms. The molecular formula is C35H34N2O5. The molecule has 2 N–H and O–H groups in total. The van der Waals surface area contributed by atoms with Crippen LogP contribution >= 0.6 is 0 Å². The van der Waals surface area contributed by atoms with Crippen LogP contribution in [0.4, 0.5) is 17.1 Å². The Hall–Kier alpha value is -4.04. The summed E-state index contributed by atoms with van der Waals surface area (Å²) in [4.78, 5) is 31.9. The van der Waals surface area contributed by atoms with Gasteiger partial charge in [-0.05, 0) is 61.5 Å². The van der Waals surface area contributed by atoms with Gasteiger partial charge in [-0.3, -0.25) is 14.5 Å². The molecule has 0 saturated carbocycles. The monoisotopic (exact) mass is 562 g/mol. The van der Waals surface area contributed by atoms with E-state index < -0.39 is 29.1 Å². The van der Waals surface area contributed by atoms with Crippen LogP contribution in [0.25, 0.3) is 10.8 Å². The highest BCUT2D eigenvalue weighted by Gasteiger charge is 2.65. The number of fused-ring (bicyclic) bond motifs is 2. The van der Waals surface area contributed by atoms with Crippen LogP contribution in [-0.2, 0) is 21.7 Å². The first-order chi connectivity index (χ1) is 20.2. The number of aliphatic hydroxyl groups is 2. The van der Waals surface area contributed by atoms with E-state index in [1.54, 1.807) is 23.6 Å². The van der Waals surface area contributed by atoms with Crippen molar-refractivity contribution < 1.29 is 24.5 Å². The molecule has 0 bridgehead atoms. The van der Waals surface area contributed by atoms with Crippen molar-refractivity contribution in [3.63, 3.8) is 0 Å². The average Bonchev–Trinajstić information content (AvgIpc) is 3.52. The summed E-state index contributed by atoms with van der Waals surface area (Å²) in [5, 5.41) is 23.1. The van der Waals surface area contributed by atoms with E-state index in [0.29, 0.717) is 29.8 Å². The zero-order valence-electron chi connectivity index (χ0n) is 23.9. The SMILES string of the molecule is C[C@@H]1[C@@H](C(C)(C)O)[C@H](CCO)O[C@@]12C(=O)N(Cc1ccccc1)c1ccc(N3C(=O)c4cccc5cccc3c45)cc12. The third-order valence-corrected chi connectivity index (χ3v) is 9.38. The minimum Gasteiger partial charge on any atom is -0.396 e. The van der Waals surface area contributed by atoms with Crippen molar-refractivity contribution in [2.75, 3.05) is 16.4 Å². The van der Waals surface area contributed by atoms with E-state index in [9.17, 15) is 19.8 Å². The first-order valence-corrected chi connectivity index (χ1v) is 14.5. The molecule has 3 heterocycles. The van der Waals surface area contributed by atoms with E-state index >= 15 is 0 Å². The van der Waals surface area contributed by atoms with Crippen LogP contribution in [0.3, 0.4) is 0 Å². The molecule has 4 atom stereocenters. The highest BCUT2D eigenvalue weighted by atomic mass is 16.5. The van der Waals surface area contributed by atoms with Gasteiger partial charge >= 0.3 is 0 Å². The number of aliphatic hydroxyl groups excluding tert-OH is 1. The van der Waals surface area contributed by atoms with E-state index in [1.807, 2.05) is 91.9 Å². The fourth-order valence-electron chi connectivity index (χ4n) is 7.70. The summed E-state index contributed by atoms with van der Waals surface area (Å²) >= 11 is 0. The minimum absolute atomic E-state index is 0.117. The number of carbonyl (C=O) groups excluding carboxylic acids is 2. The van der Waals surface area contributed by atoms with E-state index in [1.165, 1.54) is 0 Å². The number of rotatable bonds is 6. The highest BCUT2D eigenvalue weighted by molar-refractivity contribution is 6.28. The lowest BCUT2D eigenvalue weighted by Gasteiger charge is -2.34. The molecule has 7 rings (SSSR count). The predicted octanol–water partition coefficient (Wildman–Crippen LogP) is 5.68. The Morgan fingerprint density at radius 3 is 2.38 bits per heavy atom.